The molecule has 102 valence electrons. The molecule has 1 fully saturated rings. The Bertz CT molecular complexity index is 218. The molecule has 1 heterocycles. The summed E-state index contributed by atoms with van der Waals surface area (Å²) in [6.07, 6.45) is 7.00. The molecule has 0 aromatic heterocycles. The van der Waals surface area contributed by atoms with E-state index in [1.807, 2.05) is 11.8 Å². The van der Waals surface area contributed by atoms with E-state index in [9.17, 15) is 0 Å². The molecule has 3 heteroatoms. The quantitative estimate of drug-likeness (QED) is 0.789. The third kappa shape index (κ3) is 4.46. The highest BCUT2D eigenvalue weighted by Gasteiger charge is 2.31. The van der Waals surface area contributed by atoms with Crippen molar-refractivity contribution >= 4 is 11.8 Å². The summed E-state index contributed by atoms with van der Waals surface area (Å²) in [7, 11) is 0. The van der Waals surface area contributed by atoms with E-state index >= 15 is 0 Å². The van der Waals surface area contributed by atoms with Crippen molar-refractivity contribution in [3.63, 3.8) is 0 Å². The van der Waals surface area contributed by atoms with E-state index in [2.05, 4.69) is 39.3 Å². The van der Waals surface area contributed by atoms with Crippen LogP contribution in [0.3, 0.4) is 0 Å². The van der Waals surface area contributed by atoms with E-state index in [1.54, 1.807) is 0 Å². The summed E-state index contributed by atoms with van der Waals surface area (Å²) in [5, 5.41) is 3.77. The van der Waals surface area contributed by atoms with Gasteiger partial charge in [-0.2, -0.15) is 11.8 Å². The molecule has 1 aliphatic rings. The van der Waals surface area contributed by atoms with E-state index < -0.39 is 0 Å². The van der Waals surface area contributed by atoms with Gasteiger partial charge in [0.1, 0.15) is 0 Å². The lowest BCUT2D eigenvalue weighted by molar-refractivity contribution is -0.0630. The van der Waals surface area contributed by atoms with Gasteiger partial charge in [-0.05, 0) is 45.8 Å². The normalized spacial score (nSPS) is 24.9. The van der Waals surface area contributed by atoms with Gasteiger partial charge in [-0.15, -0.1) is 0 Å². The van der Waals surface area contributed by atoms with Crippen LogP contribution < -0.4 is 5.32 Å². The van der Waals surface area contributed by atoms with Gasteiger partial charge in [0.2, 0.25) is 0 Å². The van der Waals surface area contributed by atoms with Gasteiger partial charge in [0.15, 0.2) is 0 Å². The molecule has 0 saturated carbocycles. The van der Waals surface area contributed by atoms with Crippen LogP contribution in [0.15, 0.2) is 0 Å². The van der Waals surface area contributed by atoms with Gasteiger partial charge in [0, 0.05) is 23.9 Å². The lowest BCUT2D eigenvalue weighted by Crippen LogP contribution is -2.48. The fourth-order valence-corrected chi connectivity index (χ4v) is 3.40. The first-order chi connectivity index (χ1) is 7.97. The van der Waals surface area contributed by atoms with Crippen molar-refractivity contribution in [3.05, 3.63) is 0 Å². The van der Waals surface area contributed by atoms with Crippen molar-refractivity contribution < 1.29 is 4.74 Å². The summed E-state index contributed by atoms with van der Waals surface area (Å²) in [6, 6.07) is 0.628. The van der Waals surface area contributed by atoms with E-state index in [1.165, 1.54) is 12.8 Å². The number of nitrogens with one attached hydrogen (secondary N) is 1. The van der Waals surface area contributed by atoms with Crippen LogP contribution in [-0.4, -0.2) is 35.8 Å². The highest BCUT2D eigenvalue weighted by molar-refractivity contribution is 8.00. The monoisotopic (exact) mass is 259 g/mol. The molecular formula is C14H29NOS. The second-order valence-corrected chi connectivity index (χ2v) is 7.05. The molecule has 0 radical (unpaired) electrons. The lowest BCUT2D eigenvalue weighted by Gasteiger charge is -2.38. The van der Waals surface area contributed by atoms with Crippen LogP contribution in [0.5, 0.6) is 0 Å². The Morgan fingerprint density at radius 2 is 2.00 bits per heavy atom. The fraction of sp³-hybridized carbons (Fsp3) is 1.00. The molecule has 1 saturated heterocycles. The molecule has 0 aromatic rings. The van der Waals surface area contributed by atoms with Crippen LogP contribution in [-0.2, 0) is 4.74 Å². The molecule has 1 aliphatic heterocycles. The number of rotatable bonds is 6. The van der Waals surface area contributed by atoms with E-state index in [4.69, 9.17) is 4.74 Å². The minimum absolute atomic E-state index is 0.0519. The molecule has 0 spiro atoms. The third-order valence-corrected chi connectivity index (χ3v) is 5.72. The molecule has 0 aliphatic carbocycles. The maximum atomic E-state index is 5.76. The summed E-state index contributed by atoms with van der Waals surface area (Å²) in [6.45, 7) is 11.0. The van der Waals surface area contributed by atoms with Crippen LogP contribution in [0.2, 0.25) is 0 Å². The highest BCUT2D eigenvalue weighted by atomic mass is 32.2. The van der Waals surface area contributed by atoms with E-state index in [0.29, 0.717) is 10.8 Å². The smallest absolute Gasteiger partial charge is 0.0641 e. The molecule has 0 amide bonds. The maximum absolute atomic E-state index is 5.76. The van der Waals surface area contributed by atoms with Crippen LogP contribution in [0, 0.1) is 0 Å². The number of hydrogen-bond acceptors (Lipinski definition) is 3. The Morgan fingerprint density at radius 1 is 1.35 bits per heavy atom. The summed E-state index contributed by atoms with van der Waals surface area (Å²) in [5.74, 6) is 0. The second-order valence-electron chi connectivity index (χ2n) is 5.77. The lowest BCUT2D eigenvalue weighted by atomic mass is 9.93. The molecule has 1 N–H and O–H groups in total. The Balaban J connectivity index is 2.44. The largest absolute Gasteiger partial charge is 0.375 e. The molecule has 0 bridgehead atoms. The summed E-state index contributed by atoms with van der Waals surface area (Å²) in [4.78, 5) is 0. The topological polar surface area (TPSA) is 21.3 Å². The first kappa shape index (κ1) is 15.3. The van der Waals surface area contributed by atoms with Crippen LogP contribution >= 0.6 is 11.8 Å². The van der Waals surface area contributed by atoms with Crippen LogP contribution in [0.4, 0.5) is 0 Å². The molecule has 17 heavy (non-hydrogen) atoms. The standard InChI is InChI=1S/C14H29NOS/c1-6-14(7-2,17-5)11-15-12-8-9-16-13(3,4)10-12/h12,15H,6-11H2,1-5H3. The van der Waals surface area contributed by atoms with E-state index in [-0.39, 0.29) is 5.60 Å². The zero-order chi connectivity index (χ0) is 12.9. The van der Waals surface area contributed by atoms with Gasteiger partial charge in [0.25, 0.3) is 0 Å². The minimum Gasteiger partial charge on any atom is -0.375 e. The van der Waals surface area contributed by atoms with Crippen molar-refractivity contribution in [2.45, 2.75) is 69.8 Å². The summed E-state index contributed by atoms with van der Waals surface area (Å²) < 4.78 is 6.18. The Kier molecular flexibility index (Phi) is 5.81. The van der Waals surface area contributed by atoms with Crippen molar-refractivity contribution in [2.24, 2.45) is 0 Å². The first-order valence-electron chi connectivity index (χ1n) is 6.89. The van der Waals surface area contributed by atoms with Gasteiger partial charge < -0.3 is 10.1 Å². The van der Waals surface area contributed by atoms with Crippen molar-refractivity contribution in [1.29, 1.82) is 0 Å². The zero-order valence-corrected chi connectivity index (χ0v) is 13.0. The van der Waals surface area contributed by atoms with E-state index in [0.717, 1.165) is 26.0 Å². The van der Waals surface area contributed by atoms with Gasteiger partial charge in [0.05, 0.1) is 5.60 Å². The van der Waals surface area contributed by atoms with Crippen molar-refractivity contribution in [1.82, 2.24) is 5.32 Å². The summed E-state index contributed by atoms with van der Waals surface area (Å²) >= 11 is 2.01. The molecule has 2 nitrogen and oxygen atoms in total. The van der Waals surface area contributed by atoms with Crippen molar-refractivity contribution in [2.75, 3.05) is 19.4 Å². The number of thioether (sulfide) groups is 1. The Morgan fingerprint density at radius 3 is 2.47 bits per heavy atom. The van der Waals surface area contributed by atoms with Gasteiger partial charge in [-0.25, -0.2) is 0 Å². The predicted octanol–water partition coefficient (Wildman–Crippen LogP) is 3.46. The Labute approximate surface area is 111 Å². The fourth-order valence-electron chi connectivity index (χ4n) is 2.60. The predicted molar refractivity (Wildman–Crippen MR) is 77.9 cm³/mol. The van der Waals surface area contributed by atoms with Crippen LogP contribution in [0.25, 0.3) is 0 Å². The number of ether oxygens (including phenoxy) is 1. The minimum atomic E-state index is 0.0519. The molecule has 1 unspecified atom stereocenters. The summed E-state index contributed by atoms with van der Waals surface area (Å²) in [5.41, 5.74) is 0.0519. The maximum Gasteiger partial charge on any atom is 0.0641 e. The van der Waals surface area contributed by atoms with Crippen molar-refractivity contribution in [3.8, 4) is 0 Å². The Hall–Kier alpha value is 0.270. The molecule has 1 rings (SSSR count). The van der Waals surface area contributed by atoms with Gasteiger partial charge in [-0.1, -0.05) is 13.8 Å². The molecule has 1 atom stereocenters. The first-order valence-corrected chi connectivity index (χ1v) is 8.12. The second kappa shape index (κ2) is 6.44. The van der Waals surface area contributed by atoms with Gasteiger partial charge >= 0.3 is 0 Å². The highest BCUT2D eigenvalue weighted by Crippen LogP contribution is 2.31. The third-order valence-electron chi connectivity index (χ3n) is 4.13. The average molecular weight is 259 g/mol. The number of hydrogen-bond donors (Lipinski definition) is 1. The van der Waals surface area contributed by atoms with Crippen LogP contribution in [0.1, 0.15) is 53.4 Å². The molecule has 0 aromatic carbocycles. The average Bonchev–Trinajstić information content (AvgIpc) is 2.30. The SMILES string of the molecule is CCC(CC)(CNC1CCOC(C)(C)C1)SC. The zero-order valence-electron chi connectivity index (χ0n) is 12.1. The molecular weight excluding hydrogens is 230 g/mol. The van der Waals surface area contributed by atoms with Gasteiger partial charge in [-0.3, -0.25) is 0 Å².